The smallest absolute Gasteiger partial charge is 0.200 e. The van der Waals surface area contributed by atoms with Crippen LogP contribution in [0, 0.1) is 6.92 Å². The van der Waals surface area contributed by atoms with Gasteiger partial charge in [0.2, 0.25) is 0 Å². The van der Waals surface area contributed by atoms with Crippen molar-refractivity contribution >= 4 is 15.7 Å². The number of hydrogen-bond donors (Lipinski definition) is 1. The lowest BCUT2D eigenvalue weighted by Gasteiger charge is -2.05. The Morgan fingerprint density at radius 2 is 1.80 bits per heavy atom. The highest BCUT2D eigenvalue weighted by Crippen LogP contribution is 2.10. The first-order valence-electron chi connectivity index (χ1n) is 7.07. The Morgan fingerprint density at radius 3 is 2.40 bits per heavy atom. The van der Waals surface area contributed by atoms with Crippen molar-refractivity contribution < 1.29 is 8.42 Å². The highest BCUT2D eigenvalue weighted by atomic mass is 32.2. The van der Waals surface area contributed by atoms with Gasteiger partial charge in [-0.2, -0.15) is 13.5 Å². The molecule has 1 aromatic carbocycles. The number of benzene rings is 1. The normalized spacial score (nSPS) is 12.4. The first kappa shape index (κ1) is 16.7. The van der Waals surface area contributed by atoms with E-state index in [0.717, 1.165) is 30.5 Å². The van der Waals surface area contributed by atoms with E-state index in [2.05, 4.69) is 16.9 Å². The lowest BCUT2D eigenvalue weighted by molar-refractivity contribution is 0.584. The number of hydrogen-bond acceptors (Lipinski definition) is 3. The van der Waals surface area contributed by atoms with Gasteiger partial charge in [-0.15, -0.1) is 0 Å². The molecule has 112 valence electrons. The number of unbranched alkanes of at least 4 members (excludes halogenated alkanes) is 3. The maximum absolute atomic E-state index is 12.0. The summed E-state index contributed by atoms with van der Waals surface area (Å²) in [4.78, 5) is 2.54. The van der Waals surface area contributed by atoms with Crippen molar-refractivity contribution in [2.75, 3.05) is 0 Å². The second-order valence-electron chi connectivity index (χ2n) is 5.07. The number of nitrogens with zero attached hydrogens (tertiary/aromatic N) is 1. The molecule has 0 heterocycles. The lowest BCUT2D eigenvalue weighted by atomic mass is 10.1. The van der Waals surface area contributed by atoms with E-state index in [1.54, 1.807) is 24.3 Å². The predicted molar refractivity (Wildman–Crippen MR) is 83.4 cm³/mol. The summed E-state index contributed by atoms with van der Waals surface area (Å²) in [6, 6.07) is 6.72. The second-order valence-corrected chi connectivity index (χ2v) is 6.73. The van der Waals surface area contributed by atoms with Gasteiger partial charge in [0, 0.05) is 5.71 Å². The third-order valence-corrected chi connectivity index (χ3v) is 4.30. The van der Waals surface area contributed by atoms with Crippen LogP contribution in [0.3, 0.4) is 0 Å². The van der Waals surface area contributed by atoms with Crippen molar-refractivity contribution in [3.8, 4) is 0 Å². The average molecular weight is 296 g/mol. The van der Waals surface area contributed by atoms with Crippen molar-refractivity contribution in [1.82, 2.24) is 4.83 Å². The van der Waals surface area contributed by atoms with Crippen LogP contribution in [0.25, 0.3) is 0 Å². The summed E-state index contributed by atoms with van der Waals surface area (Å²) >= 11 is 0. The Hall–Kier alpha value is -1.36. The van der Waals surface area contributed by atoms with E-state index in [1.807, 2.05) is 13.8 Å². The third-order valence-electron chi connectivity index (χ3n) is 3.08. The van der Waals surface area contributed by atoms with E-state index >= 15 is 0 Å². The minimum absolute atomic E-state index is 0.241. The van der Waals surface area contributed by atoms with Gasteiger partial charge in [0.15, 0.2) is 0 Å². The molecule has 0 radical (unpaired) electrons. The first-order chi connectivity index (χ1) is 9.45. The molecule has 0 bridgehead atoms. The minimum atomic E-state index is -3.54. The van der Waals surface area contributed by atoms with Crippen LogP contribution in [0.4, 0.5) is 0 Å². The molecule has 0 aliphatic rings. The van der Waals surface area contributed by atoms with Gasteiger partial charge in [-0.1, -0.05) is 43.9 Å². The molecule has 0 aliphatic carbocycles. The van der Waals surface area contributed by atoms with Crippen molar-refractivity contribution in [1.29, 1.82) is 0 Å². The highest BCUT2D eigenvalue weighted by molar-refractivity contribution is 7.89. The van der Waals surface area contributed by atoms with Crippen LogP contribution < -0.4 is 4.83 Å². The zero-order valence-electron chi connectivity index (χ0n) is 12.5. The maximum atomic E-state index is 12.0. The van der Waals surface area contributed by atoms with E-state index in [4.69, 9.17) is 0 Å². The molecule has 0 saturated heterocycles. The zero-order valence-corrected chi connectivity index (χ0v) is 13.3. The zero-order chi connectivity index (χ0) is 15.0. The van der Waals surface area contributed by atoms with Gasteiger partial charge in [-0.25, -0.2) is 4.83 Å². The summed E-state index contributed by atoms with van der Waals surface area (Å²) in [5.74, 6) is 0. The van der Waals surface area contributed by atoms with E-state index in [0.29, 0.717) is 0 Å². The average Bonchev–Trinajstić information content (AvgIpc) is 2.42. The molecule has 1 N–H and O–H groups in total. The van der Waals surface area contributed by atoms with Gasteiger partial charge < -0.3 is 0 Å². The van der Waals surface area contributed by atoms with Crippen LogP contribution in [-0.4, -0.2) is 14.1 Å². The molecule has 0 fully saturated rings. The SMILES string of the molecule is CCCCCCC(C)=NNS(=O)(=O)c1ccc(C)cc1. The Labute approximate surface area is 122 Å². The Bertz CT molecular complexity index is 533. The summed E-state index contributed by atoms with van der Waals surface area (Å²) in [7, 11) is -3.54. The molecule has 0 atom stereocenters. The molecule has 0 saturated carbocycles. The van der Waals surface area contributed by atoms with Gasteiger partial charge in [0.1, 0.15) is 0 Å². The topological polar surface area (TPSA) is 58.5 Å². The summed E-state index contributed by atoms with van der Waals surface area (Å²) in [5, 5.41) is 3.97. The number of rotatable bonds is 8. The number of sulfonamides is 1. The fraction of sp³-hybridized carbons (Fsp3) is 0.533. The molecule has 5 heteroatoms. The van der Waals surface area contributed by atoms with Gasteiger partial charge in [-0.3, -0.25) is 0 Å². The summed E-state index contributed by atoms with van der Waals surface area (Å²) < 4.78 is 24.0. The van der Waals surface area contributed by atoms with Gasteiger partial charge in [0.25, 0.3) is 10.0 Å². The predicted octanol–water partition coefficient (Wildman–Crippen LogP) is 3.62. The van der Waals surface area contributed by atoms with Crippen LogP contribution in [0.15, 0.2) is 34.3 Å². The third kappa shape index (κ3) is 5.74. The van der Waals surface area contributed by atoms with Crippen molar-refractivity contribution in [3.63, 3.8) is 0 Å². The monoisotopic (exact) mass is 296 g/mol. The molecule has 0 aromatic heterocycles. The molecule has 0 aliphatic heterocycles. The number of nitrogens with one attached hydrogen (secondary N) is 1. The van der Waals surface area contributed by atoms with Gasteiger partial charge >= 0.3 is 0 Å². The molecule has 0 unspecified atom stereocenters. The van der Waals surface area contributed by atoms with Crippen molar-refractivity contribution in [3.05, 3.63) is 29.8 Å². The Kier molecular flexibility index (Phi) is 6.71. The number of aryl methyl sites for hydroxylation is 1. The molecule has 1 aromatic rings. The van der Waals surface area contributed by atoms with E-state index in [-0.39, 0.29) is 4.90 Å². The summed E-state index contributed by atoms with van der Waals surface area (Å²) in [6.45, 7) is 5.93. The molecule has 4 nitrogen and oxygen atoms in total. The highest BCUT2D eigenvalue weighted by Gasteiger charge is 2.12. The van der Waals surface area contributed by atoms with E-state index < -0.39 is 10.0 Å². The molecule has 0 spiro atoms. The van der Waals surface area contributed by atoms with E-state index in [9.17, 15) is 8.42 Å². The molecule has 0 amide bonds. The summed E-state index contributed by atoms with van der Waals surface area (Å²) in [6.07, 6.45) is 5.44. The van der Waals surface area contributed by atoms with Gasteiger partial charge in [-0.05, 0) is 38.8 Å². The summed E-state index contributed by atoms with van der Waals surface area (Å²) in [5.41, 5.74) is 1.84. The van der Waals surface area contributed by atoms with Crippen molar-refractivity contribution in [2.24, 2.45) is 5.10 Å². The van der Waals surface area contributed by atoms with E-state index in [1.165, 1.54) is 12.8 Å². The second kappa shape index (κ2) is 8.04. The quantitative estimate of drug-likeness (QED) is 0.452. The molecular weight excluding hydrogens is 272 g/mol. The Morgan fingerprint density at radius 1 is 1.15 bits per heavy atom. The van der Waals surface area contributed by atoms with Crippen LogP contribution in [-0.2, 0) is 10.0 Å². The first-order valence-corrected chi connectivity index (χ1v) is 8.55. The molecule has 1 rings (SSSR count). The maximum Gasteiger partial charge on any atom is 0.276 e. The van der Waals surface area contributed by atoms with Crippen LogP contribution in [0.5, 0.6) is 0 Å². The minimum Gasteiger partial charge on any atom is -0.200 e. The number of hydrazone groups is 1. The fourth-order valence-electron chi connectivity index (χ4n) is 1.77. The molecular formula is C15H24N2O2S. The Balaban J connectivity index is 2.56. The largest absolute Gasteiger partial charge is 0.276 e. The van der Waals surface area contributed by atoms with Crippen LogP contribution in [0.1, 0.15) is 51.5 Å². The van der Waals surface area contributed by atoms with Crippen LogP contribution in [0.2, 0.25) is 0 Å². The lowest BCUT2D eigenvalue weighted by Crippen LogP contribution is -2.19. The fourth-order valence-corrected chi connectivity index (χ4v) is 2.65. The standard InChI is InChI=1S/C15H24N2O2S/c1-4-5-6-7-8-14(3)16-17-20(18,19)15-11-9-13(2)10-12-15/h9-12,17H,4-8H2,1-3H3. The van der Waals surface area contributed by atoms with Crippen LogP contribution >= 0.6 is 0 Å². The van der Waals surface area contributed by atoms with Crippen molar-refractivity contribution in [2.45, 2.75) is 57.8 Å². The molecule has 20 heavy (non-hydrogen) atoms. The van der Waals surface area contributed by atoms with Gasteiger partial charge in [0.05, 0.1) is 4.90 Å².